The minimum absolute atomic E-state index is 0.262. The Bertz CT molecular complexity index is 664. The average Bonchev–Trinajstić information content (AvgIpc) is 2.76. The van der Waals surface area contributed by atoms with Crippen molar-refractivity contribution in [1.82, 2.24) is 10.2 Å². The molecule has 2 amide bonds. The Hall–Kier alpha value is -1.91. The first-order valence-corrected chi connectivity index (χ1v) is 7.03. The molecule has 3 rings (SSSR count). The lowest BCUT2D eigenvalue weighted by Gasteiger charge is -2.30. The largest absolute Gasteiger partial charge is 0.346 e. The lowest BCUT2D eigenvalue weighted by molar-refractivity contribution is -0.136. The van der Waals surface area contributed by atoms with Crippen LogP contribution in [-0.2, 0) is 20.9 Å². The molecule has 1 aromatic carbocycles. The van der Waals surface area contributed by atoms with Gasteiger partial charge in [0.25, 0.3) is 0 Å². The predicted octanol–water partition coefficient (Wildman–Crippen LogP) is 1.24. The van der Waals surface area contributed by atoms with E-state index in [1.165, 1.54) is 0 Å². The van der Waals surface area contributed by atoms with Crippen LogP contribution in [-0.4, -0.2) is 28.7 Å². The molecule has 2 aliphatic heterocycles. The van der Waals surface area contributed by atoms with Gasteiger partial charge in [-0.15, -0.1) is 0 Å². The van der Waals surface area contributed by atoms with E-state index in [0.717, 1.165) is 15.6 Å². The van der Waals surface area contributed by atoms with E-state index < -0.39 is 6.04 Å². The van der Waals surface area contributed by atoms with E-state index in [-0.39, 0.29) is 11.8 Å². The van der Waals surface area contributed by atoms with Gasteiger partial charge in [0.2, 0.25) is 11.8 Å². The number of rotatable bonds is 1. The van der Waals surface area contributed by atoms with Crippen molar-refractivity contribution in [1.29, 1.82) is 0 Å². The molecule has 1 unspecified atom stereocenters. The number of piperidine rings is 1. The van der Waals surface area contributed by atoms with Gasteiger partial charge >= 0.3 is 0 Å². The summed E-state index contributed by atoms with van der Waals surface area (Å²) < 4.78 is 0.870. The predicted molar refractivity (Wildman–Crippen MR) is 75.0 cm³/mol. The van der Waals surface area contributed by atoms with Gasteiger partial charge in [-0.05, 0) is 24.1 Å². The molecule has 0 bridgehead atoms. The summed E-state index contributed by atoms with van der Waals surface area (Å²) in [5.41, 5.74) is 2.16. The number of nitrogens with one attached hydrogen (secondary N) is 1. The van der Waals surface area contributed by atoms with Crippen LogP contribution >= 0.6 is 15.9 Å². The first kappa shape index (κ1) is 13.1. The van der Waals surface area contributed by atoms with Gasteiger partial charge in [0.1, 0.15) is 11.7 Å². The molecular weight excluding hydrogens is 324 g/mol. The number of carbonyl (C=O) groups is 2. The molecule has 0 spiro atoms. The summed E-state index contributed by atoms with van der Waals surface area (Å²) in [5.74, 6) is 1.33. The molecular formula is C14H11BrN2O3. The van der Waals surface area contributed by atoms with Gasteiger partial charge in [-0.25, -0.2) is 4.79 Å². The highest BCUT2D eigenvalue weighted by atomic mass is 79.9. The van der Waals surface area contributed by atoms with Gasteiger partial charge in [0.15, 0.2) is 5.94 Å². The first-order chi connectivity index (χ1) is 9.60. The smallest absolute Gasteiger partial charge is 0.249 e. The molecule has 0 aliphatic carbocycles. The van der Waals surface area contributed by atoms with E-state index in [1.807, 2.05) is 24.1 Å². The number of hydrogen-bond donors (Lipinski definition) is 1. The average molecular weight is 335 g/mol. The minimum atomic E-state index is -0.490. The SMILES string of the molecule is O=C=C1c2cc(Br)ccc2CN1C1CCC(=O)NC1=O. The minimum Gasteiger partial charge on any atom is -0.346 e. The van der Waals surface area contributed by atoms with Crippen molar-refractivity contribution in [3.63, 3.8) is 0 Å². The second-order valence-corrected chi connectivity index (χ2v) is 5.76. The van der Waals surface area contributed by atoms with Crippen molar-refractivity contribution in [2.75, 3.05) is 0 Å². The second-order valence-electron chi connectivity index (χ2n) is 4.85. The van der Waals surface area contributed by atoms with Gasteiger partial charge in [0.05, 0.1) is 0 Å². The summed E-state index contributed by atoms with van der Waals surface area (Å²) in [4.78, 5) is 36.2. The fourth-order valence-electron chi connectivity index (χ4n) is 2.68. The van der Waals surface area contributed by atoms with Crippen molar-refractivity contribution >= 4 is 39.4 Å². The molecule has 1 saturated heterocycles. The first-order valence-electron chi connectivity index (χ1n) is 6.24. The van der Waals surface area contributed by atoms with Crippen LogP contribution in [0.15, 0.2) is 22.7 Å². The number of hydrogen-bond acceptors (Lipinski definition) is 4. The second kappa shape index (κ2) is 4.89. The van der Waals surface area contributed by atoms with Crippen molar-refractivity contribution in [3.8, 4) is 0 Å². The molecule has 2 aliphatic rings. The zero-order chi connectivity index (χ0) is 14.3. The fraction of sp³-hybridized carbons (Fsp3) is 0.286. The molecule has 2 heterocycles. The summed E-state index contributed by atoms with van der Waals surface area (Å²) in [7, 11) is 0. The normalized spacial score (nSPS) is 21.6. The highest BCUT2D eigenvalue weighted by Crippen LogP contribution is 2.35. The summed E-state index contributed by atoms with van der Waals surface area (Å²) in [6.45, 7) is 0.486. The Kier molecular flexibility index (Phi) is 3.20. The van der Waals surface area contributed by atoms with Crippen LogP contribution in [0.4, 0.5) is 0 Å². The van der Waals surface area contributed by atoms with E-state index in [4.69, 9.17) is 0 Å². The summed E-state index contributed by atoms with van der Waals surface area (Å²) in [6, 6.07) is 5.18. The lowest BCUT2D eigenvalue weighted by Crippen LogP contribution is -2.50. The molecule has 0 aromatic heterocycles. The highest BCUT2D eigenvalue weighted by molar-refractivity contribution is 9.10. The van der Waals surface area contributed by atoms with E-state index in [2.05, 4.69) is 21.2 Å². The molecule has 1 aromatic rings. The molecule has 6 heteroatoms. The third-order valence-corrected chi connectivity index (χ3v) is 4.13. The van der Waals surface area contributed by atoms with Crippen molar-refractivity contribution in [2.24, 2.45) is 0 Å². The Morgan fingerprint density at radius 1 is 1.35 bits per heavy atom. The third kappa shape index (κ3) is 2.07. The van der Waals surface area contributed by atoms with Gasteiger partial charge in [0, 0.05) is 23.0 Å². The Labute approximate surface area is 123 Å². The highest BCUT2D eigenvalue weighted by Gasteiger charge is 2.37. The van der Waals surface area contributed by atoms with Crippen LogP contribution in [0, 0.1) is 0 Å². The van der Waals surface area contributed by atoms with E-state index in [1.54, 1.807) is 4.90 Å². The number of benzene rings is 1. The Morgan fingerprint density at radius 3 is 2.85 bits per heavy atom. The Morgan fingerprint density at radius 2 is 2.15 bits per heavy atom. The van der Waals surface area contributed by atoms with Crippen LogP contribution in [0.25, 0.3) is 5.70 Å². The number of halogens is 1. The maximum absolute atomic E-state index is 11.9. The fourth-order valence-corrected chi connectivity index (χ4v) is 3.04. The van der Waals surface area contributed by atoms with Gasteiger partial charge in [-0.2, -0.15) is 0 Å². The summed E-state index contributed by atoms with van der Waals surface area (Å²) in [5, 5.41) is 2.32. The van der Waals surface area contributed by atoms with Crippen LogP contribution in [0.2, 0.25) is 0 Å². The standard InChI is InChI=1S/C14H11BrN2O3/c15-9-2-1-8-6-17(12(7-18)10(8)5-9)11-3-4-13(19)16-14(11)20/h1-2,5,11H,3-4,6H2,(H,16,19,20). The van der Waals surface area contributed by atoms with Crippen LogP contribution < -0.4 is 5.32 Å². The van der Waals surface area contributed by atoms with E-state index >= 15 is 0 Å². The zero-order valence-electron chi connectivity index (χ0n) is 10.5. The number of fused-ring (bicyclic) bond motifs is 1. The molecule has 1 N–H and O–H groups in total. The molecule has 1 fully saturated rings. The number of imide groups is 1. The van der Waals surface area contributed by atoms with Gasteiger partial charge in [-0.1, -0.05) is 22.0 Å². The molecule has 20 heavy (non-hydrogen) atoms. The molecule has 0 radical (unpaired) electrons. The van der Waals surface area contributed by atoms with Crippen molar-refractivity contribution in [2.45, 2.75) is 25.4 Å². The van der Waals surface area contributed by atoms with Crippen LogP contribution in [0.5, 0.6) is 0 Å². The maximum atomic E-state index is 11.9. The zero-order valence-corrected chi connectivity index (χ0v) is 12.1. The summed E-state index contributed by atoms with van der Waals surface area (Å²) in [6.07, 6.45) is 0.712. The van der Waals surface area contributed by atoms with Crippen molar-refractivity contribution < 1.29 is 14.4 Å². The van der Waals surface area contributed by atoms with E-state index in [9.17, 15) is 14.4 Å². The number of amides is 2. The van der Waals surface area contributed by atoms with Gasteiger partial charge in [-0.3, -0.25) is 14.9 Å². The van der Waals surface area contributed by atoms with Crippen molar-refractivity contribution in [3.05, 3.63) is 33.8 Å². The quantitative estimate of drug-likeness (QED) is 0.620. The Balaban J connectivity index is 1.96. The van der Waals surface area contributed by atoms with Gasteiger partial charge < -0.3 is 4.90 Å². The van der Waals surface area contributed by atoms with Crippen LogP contribution in [0.3, 0.4) is 0 Å². The third-order valence-electron chi connectivity index (χ3n) is 3.64. The molecule has 1 atom stereocenters. The van der Waals surface area contributed by atoms with E-state index in [0.29, 0.717) is 25.1 Å². The molecule has 5 nitrogen and oxygen atoms in total. The molecule has 102 valence electrons. The number of carbonyl (C=O) groups excluding carboxylic acids is 3. The lowest BCUT2D eigenvalue weighted by atomic mass is 10.0. The summed E-state index contributed by atoms with van der Waals surface area (Å²) >= 11 is 3.37. The monoisotopic (exact) mass is 334 g/mol. The maximum Gasteiger partial charge on any atom is 0.249 e. The molecule has 0 saturated carbocycles. The topological polar surface area (TPSA) is 66.5 Å². The number of nitrogens with zero attached hydrogens (tertiary/aromatic N) is 1. The van der Waals surface area contributed by atoms with Crippen LogP contribution in [0.1, 0.15) is 24.0 Å².